The molecule has 10 aromatic rings. The Morgan fingerprint density at radius 3 is 1.07 bits per heavy atom. The van der Waals surface area contributed by atoms with Crippen LogP contribution in [0, 0.1) is 0 Å². The Balaban J connectivity index is 0.000000122. The van der Waals surface area contributed by atoms with Crippen LogP contribution in [0.3, 0.4) is 0 Å². The van der Waals surface area contributed by atoms with Crippen molar-refractivity contribution in [3.63, 3.8) is 0 Å². The molecule has 0 unspecified atom stereocenters. The van der Waals surface area contributed by atoms with Gasteiger partial charge in [0.2, 0.25) is 0 Å². The van der Waals surface area contributed by atoms with Crippen molar-refractivity contribution in [3.8, 4) is 11.4 Å². The van der Waals surface area contributed by atoms with Crippen LogP contribution in [0.25, 0.3) is 76.5 Å². The Labute approximate surface area is 331 Å². The molecule has 2 saturated carbocycles. The predicted molar refractivity (Wildman–Crippen MR) is 229 cm³/mol. The van der Waals surface area contributed by atoms with Crippen LogP contribution in [0.2, 0.25) is 13.1 Å². The quantitative estimate of drug-likeness (QED) is 0.124. The molecule has 0 atom stereocenters. The van der Waals surface area contributed by atoms with Crippen molar-refractivity contribution in [3.05, 3.63) is 169 Å². The number of para-hydroxylation sites is 4. The second kappa shape index (κ2) is 13.8. The van der Waals surface area contributed by atoms with E-state index in [1.807, 2.05) is 0 Å². The molecule has 0 spiro atoms. The van der Waals surface area contributed by atoms with E-state index in [0.717, 1.165) is 11.8 Å². The van der Waals surface area contributed by atoms with Gasteiger partial charge in [0.1, 0.15) is 0 Å². The fourth-order valence-electron chi connectivity index (χ4n) is 8.54. The van der Waals surface area contributed by atoms with Gasteiger partial charge in [-0.15, -0.1) is 69.1 Å². The smallest absolute Gasteiger partial charge is 0.0532 e. The maximum atomic E-state index is 2.43. The van der Waals surface area contributed by atoms with Gasteiger partial charge in [-0.05, 0) is 61.8 Å². The van der Waals surface area contributed by atoms with Crippen molar-refractivity contribution < 1.29 is 23.3 Å². The van der Waals surface area contributed by atoms with Crippen molar-refractivity contribution in [1.29, 1.82) is 0 Å². The molecule has 2 aromatic heterocycles. The summed E-state index contributed by atoms with van der Waals surface area (Å²) in [5.74, 6) is 1.58. The molecule has 2 fully saturated rings. The average Bonchev–Trinajstić information content (AvgIpc) is 4.08. The molecule has 12 rings (SSSR count). The van der Waals surface area contributed by atoms with Gasteiger partial charge >= 0.3 is 41.9 Å². The van der Waals surface area contributed by atoms with Gasteiger partial charge in [0.05, 0.1) is 22.1 Å². The Morgan fingerprint density at radius 2 is 0.759 bits per heavy atom. The van der Waals surface area contributed by atoms with Crippen LogP contribution >= 0.6 is 0 Å². The SMILES string of the molecule is C[Si](C)=[Zr+2].c1cc(-n2c3ccccc3c3ccccc32)c2cc(C3CC3)[cH-]c2c1.c1cc(-n2c3ccccc3c3ccccc32)c2cc(C3CC3)[cH-]c2c1. The number of rotatable bonds is 4. The molecule has 2 heterocycles. The minimum atomic E-state index is 0.210. The summed E-state index contributed by atoms with van der Waals surface area (Å²) >= 11 is 1.74. The summed E-state index contributed by atoms with van der Waals surface area (Å²) in [5.41, 5.74) is 11.0. The monoisotopic (exact) mass is 788 g/mol. The van der Waals surface area contributed by atoms with Gasteiger partial charge in [0.15, 0.2) is 0 Å². The molecule has 8 aromatic carbocycles. The molecule has 54 heavy (non-hydrogen) atoms. The first-order valence-electron chi connectivity index (χ1n) is 19.4. The zero-order chi connectivity index (χ0) is 36.3. The minimum absolute atomic E-state index is 0.210. The number of aromatic nitrogens is 2. The van der Waals surface area contributed by atoms with Crippen LogP contribution in [0.4, 0.5) is 0 Å². The summed E-state index contributed by atoms with van der Waals surface area (Å²) in [5, 5.41) is 10.8. The molecule has 0 bridgehead atoms. The fraction of sp³-hybridized carbons (Fsp3) is 0.160. The summed E-state index contributed by atoms with van der Waals surface area (Å²) < 4.78 is 4.87. The number of hydrogen-bond donors (Lipinski definition) is 0. The summed E-state index contributed by atoms with van der Waals surface area (Å²) in [7, 11) is 0. The Hall–Kier alpha value is -4.76. The van der Waals surface area contributed by atoms with E-state index in [0.29, 0.717) is 0 Å². The van der Waals surface area contributed by atoms with Crippen LogP contribution in [0.5, 0.6) is 0 Å². The van der Waals surface area contributed by atoms with Crippen LogP contribution in [-0.2, 0) is 23.3 Å². The number of nitrogens with zero attached hydrogens (tertiary/aromatic N) is 2. The molecule has 0 amide bonds. The molecule has 2 aliphatic rings. The zero-order valence-corrected chi connectivity index (χ0v) is 34.3. The molecule has 0 aliphatic heterocycles. The fourth-order valence-corrected chi connectivity index (χ4v) is 8.54. The van der Waals surface area contributed by atoms with Crippen molar-refractivity contribution in [1.82, 2.24) is 9.13 Å². The van der Waals surface area contributed by atoms with Gasteiger partial charge in [-0.25, -0.2) is 0 Å². The van der Waals surface area contributed by atoms with Crippen LogP contribution < -0.4 is 0 Å². The largest absolute Gasteiger partial charge is 0.318 e. The van der Waals surface area contributed by atoms with Gasteiger partial charge in [0.25, 0.3) is 0 Å². The Kier molecular flexibility index (Phi) is 8.65. The maximum absolute atomic E-state index is 2.43. The minimum Gasteiger partial charge on any atom is -0.318 e. The predicted octanol–water partition coefficient (Wildman–Crippen LogP) is 13.9. The van der Waals surface area contributed by atoms with Gasteiger partial charge in [-0.2, -0.15) is 12.1 Å². The molecule has 4 heteroatoms. The summed E-state index contributed by atoms with van der Waals surface area (Å²) in [4.78, 5) is 0. The topological polar surface area (TPSA) is 9.86 Å². The van der Waals surface area contributed by atoms with Crippen LogP contribution in [0.15, 0.2) is 158 Å². The molecule has 260 valence electrons. The molecular weight excluding hydrogens is 748 g/mol. The molecule has 0 saturated heterocycles. The van der Waals surface area contributed by atoms with Gasteiger partial charge in [0, 0.05) is 32.9 Å². The van der Waals surface area contributed by atoms with E-state index in [2.05, 4.69) is 180 Å². The summed E-state index contributed by atoms with van der Waals surface area (Å²) in [6.07, 6.45) is 5.39. The summed E-state index contributed by atoms with van der Waals surface area (Å²) in [6, 6.07) is 58.0. The zero-order valence-electron chi connectivity index (χ0n) is 30.9. The van der Waals surface area contributed by atoms with Gasteiger partial charge in [-0.3, -0.25) is 0 Å². The summed E-state index contributed by atoms with van der Waals surface area (Å²) in [6.45, 7) is 4.62. The molecule has 2 aliphatic carbocycles. The van der Waals surface area contributed by atoms with Crippen molar-refractivity contribution in [2.45, 2.75) is 50.6 Å². The van der Waals surface area contributed by atoms with Crippen LogP contribution in [-0.4, -0.2) is 14.6 Å². The third kappa shape index (κ3) is 6.05. The van der Waals surface area contributed by atoms with Gasteiger partial charge < -0.3 is 9.13 Å². The van der Waals surface area contributed by atoms with E-state index in [9.17, 15) is 0 Å². The second-order valence-electron chi connectivity index (χ2n) is 15.4. The van der Waals surface area contributed by atoms with Crippen molar-refractivity contribution in [2.24, 2.45) is 0 Å². The maximum Gasteiger partial charge on any atom is 0.0532 e. The van der Waals surface area contributed by atoms with Crippen molar-refractivity contribution >= 4 is 70.6 Å². The van der Waals surface area contributed by atoms with E-state index < -0.39 is 0 Å². The third-order valence-electron chi connectivity index (χ3n) is 11.2. The third-order valence-corrected chi connectivity index (χ3v) is 11.2. The molecular formula is C50H42N2SiZr. The van der Waals surface area contributed by atoms with Crippen molar-refractivity contribution in [2.75, 3.05) is 0 Å². The number of fused-ring (bicyclic) bond motifs is 8. The average molecular weight is 790 g/mol. The first-order chi connectivity index (χ1) is 26.5. The number of benzene rings is 6. The first kappa shape index (κ1) is 33.8. The first-order valence-corrected chi connectivity index (χ1v) is 25.6. The Bertz CT molecular complexity index is 2700. The van der Waals surface area contributed by atoms with E-state index in [1.165, 1.54) is 113 Å². The number of hydrogen-bond acceptors (Lipinski definition) is 0. The molecule has 0 N–H and O–H groups in total. The van der Waals surface area contributed by atoms with E-state index in [-0.39, 0.29) is 5.43 Å². The van der Waals surface area contributed by atoms with Gasteiger partial charge in [-0.1, -0.05) is 84.9 Å². The molecule has 2 nitrogen and oxygen atoms in total. The van der Waals surface area contributed by atoms with E-state index >= 15 is 0 Å². The normalized spacial score (nSPS) is 14.1. The van der Waals surface area contributed by atoms with Crippen LogP contribution in [0.1, 0.15) is 48.6 Å². The Morgan fingerprint density at radius 1 is 0.444 bits per heavy atom. The second-order valence-corrected chi connectivity index (χ2v) is 24.8. The standard InChI is InChI=1S/2C24H18N.C2H6Si.Zr/c2*1-3-9-22-19(7-1)20-8-2-4-10-23(20)25(22)24-11-5-6-17-14-18(15-21(17)24)16-12-13-16;1-3-2;/h2*1-11,14-16H,12-13H2;1-2H3;/q2*-1;;+2. The molecule has 0 radical (unpaired) electrons. The van der Waals surface area contributed by atoms with E-state index in [4.69, 9.17) is 0 Å². The van der Waals surface area contributed by atoms with E-state index in [1.54, 1.807) is 23.3 Å².